The molecule has 0 saturated carbocycles. The molecule has 0 fully saturated rings. The van der Waals surface area contributed by atoms with Gasteiger partial charge in [0.15, 0.2) is 0 Å². The van der Waals surface area contributed by atoms with E-state index in [2.05, 4.69) is 86.3 Å². The molecule has 0 aliphatic rings. The lowest BCUT2D eigenvalue weighted by molar-refractivity contribution is 0.316. The van der Waals surface area contributed by atoms with Crippen molar-refractivity contribution in [3.05, 3.63) is 59.7 Å². The van der Waals surface area contributed by atoms with Gasteiger partial charge in [0, 0.05) is 13.1 Å². The van der Waals surface area contributed by atoms with Crippen molar-refractivity contribution in [1.82, 2.24) is 9.80 Å². The Morgan fingerprint density at radius 1 is 0.472 bits per heavy atom. The van der Waals surface area contributed by atoms with E-state index >= 15 is 0 Å². The maximum Gasteiger partial charge on any atom is 0.0230 e. The van der Waals surface area contributed by atoms with E-state index in [0.29, 0.717) is 0 Å². The maximum atomic E-state index is 2.49. The third-order valence-corrected chi connectivity index (χ3v) is 7.38. The molecule has 0 spiro atoms. The van der Waals surface area contributed by atoms with E-state index in [1.807, 2.05) is 0 Å². The van der Waals surface area contributed by atoms with E-state index < -0.39 is 0 Å². The van der Waals surface area contributed by atoms with E-state index in [1.165, 1.54) is 125 Å². The highest BCUT2D eigenvalue weighted by Crippen LogP contribution is 2.23. The van der Waals surface area contributed by atoms with Gasteiger partial charge in [0.05, 0.1) is 0 Å². The monoisotopic (exact) mass is 492 g/mol. The van der Waals surface area contributed by atoms with Crippen molar-refractivity contribution in [2.24, 2.45) is 0 Å². The Balaban J connectivity index is 1.76. The molecule has 0 aromatic heterocycles. The Morgan fingerprint density at radius 3 is 1.22 bits per heavy atom. The Hall–Kier alpha value is -1.64. The van der Waals surface area contributed by atoms with Crippen LogP contribution in [0.5, 0.6) is 0 Å². The Morgan fingerprint density at radius 2 is 0.833 bits per heavy atom. The molecule has 2 aromatic carbocycles. The maximum absolute atomic E-state index is 2.49. The Labute approximate surface area is 224 Å². The lowest BCUT2D eigenvalue weighted by atomic mass is 10.0. The van der Waals surface area contributed by atoms with Gasteiger partial charge in [-0.1, -0.05) is 127 Å². The van der Waals surface area contributed by atoms with Crippen LogP contribution in [0.15, 0.2) is 48.5 Å². The number of benzene rings is 2. The zero-order chi connectivity index (χ0) is 25.8. The second-order valence-electron chi connectivity index (χ2n) is 11.1. The summed E-state index contributed by atoms with van der Waals surface area (Å²) in [6, 6.07) is 18.3. The van der Waals surface area contributed by atoms with Crippen molar-refractivity contribution in [1.29, 1.82) is 0 Å². The van der Waals surface area contributed by atoms with Gasteiger partial charge in [-0.2, -0.15) is 0 Å². The van der Waals surface area contributed by atoms with Crippen molar-refractivity contribution < 1.29 is 0 Å². The van der Waals surface area contributed by atoms with Gasteiger partial charge >= 0.3 is 0 Å². The zero-order valence-electron chi connectivity index (χ0n) is 24.2. The lowest BCUT2D eigenvalue weighted by Gasteiger charge is -2.18. The molecular formula is C34H56N2. The van der Waals surface area contributed by atoms with Crippen molar-refractivity contribution in [2.45, 2.75) is 117 Å². The molecule has 2 nitrogen and oxygen atoms in total. The molecule has 36 heavy (non-hydrogen) atoms. The van der Waals surface area contributed by atoms with Crippen LogP contribution in [-0.2, 0) is 13.1 Å². The van der Waals surface area contributed by atoms with Crippen LogP contribution in [-0.4, -0.2) is 37.0 Å². The number of hydrogen-bond donors (Lipinski definition) is 0. The fraction of sp³-hybridized carbons (Fsp3) is 0.647. The summed E-state index contributed by atoms with van der Waals surface area (Å²) >= 11 is 0. The van der Waals surface area contributed by atoms with Crippen LogP contribution < -0.4 is 0 Å². The van der Waals surface area contributed by atoms with Crippen LogP contribution in [0.4, 0.5) is 0 Å². The van der Waals surface area contributed by atoms with E-state index in [9.17, 15) is 0 Å². The molecule has 0 saturated heterocycles. The summed E-state index contributed by atoms with van der Waals surface area (Å²) in [5.74, 6) is 0. The first-order valence-electron chi connectivity index (χ1n) is 15.2. The van der Waals surface area contributed by atoms with Crippen LogP contribution in [0.25, 0.3) is 11.1 Å². The van der Waals surface area contributed by atoms with E-state index in [0.717, 1.165) is 13.1 Å². The van der Waals surface area contributed by atoms with Crippen LogP contribution in [0.3, 0.4) is 0 Å². The largest absolute Gasteiger partial charge is 0.302 e. The van der Waals surface area contributed by atoms with Gasteiger partial charge in [-0.25, -0.2) is 0 Å². The van der Waals surface area contributed by atoms with Crippen molar-refractivity contribution in [2.75, 3.05) is 27.2 Å². The van der Waals surface area contributed by atoms with Crippen LogP contribution >= 0.6 is 0 Å². The van der Waals surface area contributed by atoms with Gasteiger partial charge < -0.3 is 9.80 Å². The number of nitrogens with zero attached hydrogens (tertiary/aromatic N) is 2. The number of unbranched alkanes of at least 4 members (excludes halogenated alkanes) is 12. The van der Waals surface area contributed by atoms with Gasteiger partial charge in [0.25, 0.3) is 0 Å². The minimum atomic E-state index is 1.03. The minimum absolute atomic E-state index is 1.03. The minimum Gasteiger partial charge on any atom is -0.302 e. The summed E-state index contributed by atoms with van der Waals surface area (Å²) < 4.78 is 0. The van der Waals surface area contributed by atoms with E-state index in [-0.39, 0.29) is 0 Å². The summed E-state index contributed by atoms with van der Waals surface area (Å²) in [5.41, 5.74) is 5.51. The predicted octanol–water partition coefficient (Wildman–Crippen LogP) is 9.72. The smallest absolute Gasteiger partial charge is 0.0230 e. The second kappa shape index (κ2) is 19.5. The van der Waals surface area contributed by atoms with Crippen molar-refractivity contribution >= 4 is 0 Å². The van der Waals surface area contributed by atoms with Gasteiger partial charge in [-0.15, -0.1) is 0 Å². The highest BCUT2D eigenvalue weighted by molar-refractivity contribution is 5.64. The number of hydrogen-bond acceptors (Lipinski definition) is 2. The average molecular weight is 493 g/mol. The second-order valence-corrected chi connectivity index (χ2v) is 11.1. The first-order valence-corrected chi connectivity index (χ1v) is 15.2. The highest BCUT2D eigenvalue weighted by Gasteiger charge is 2.06. The topological polar surface area (TPSA) is 6.48 Å². The number of rotatable bonds is 21. The van der Waals surface area contributed by atoms with E-state index in [4.69, 9.17) is 0 Å². The zero-order valence-corrected chi connectivity index (χ0v) is 24.2. The molecule has 2 aromatic rings. The first kappa shape index (κ1) is 30.6. The summed E-state index contributed by atoms with van der Waals surface area (Å²) in [6.07, 6.45) is 19.3. The van der Waals surface area contributed by atoms with Gasteiger partial charge in [-0.05, 0) is 74.4 Å². The standard InChI is InChI=1S/C34H56N2/c1-5-7-9-11-13-15-17-25-35(3)29-31-21-19-23-33(27-31)34-24-20-22-32(28-34)30-36(4)26-18-16-14-12-10-8-6-2/h19-24,27-28H,5-18,25-26,29-30H2,1-4H3. The Bertz CT molecular complexity index is 732. The van der Waals surface area contributed by atoms with Crippen LogP contribution in [0.2, 0.25) is 0 Å². The average Bonchev–Trinajstić information content (AvgIpc) is 2.88. The van der Waals surface area contributed by atoms with Crippen LogP contribution in [0.1, 0.15) is 115 Å². The SMILES string of the molecule is CCCCCCCCCN(C)Cc1cccc(-c2cccc(CN(C)CCCCCCCCC)c2)c1. The summed E-state index contributed by atoms with van der Waals surface area (Å²) in [5, 5.41) is 0. The molecule has 0 unspecified atom stereocenters. The molecule has 0 radical (unpaired) electrons. The summed E-state index contributed by atoms with van der Waals surface area (Å²) in [4.78, 5) is 4.97. The van der Waals surface area contributed by atoms with Crippen LogP contribution in [0, 0.1) is 0 Å². The molecule has 0 atom stereocenters. The molecule has 202 valence electrons. The fourth-order valence-electron chi connectivity index (χ4n) is 5.16. The summed E-state index contributed by atoms with van der Waals surface area (Å²) in [7, 11) is 4.54. The third kappa shape index (κ3) is 13.6. The summed E-state index contributed by atoms with van der Waals surface area (Å²) in [6.45, 7) is 9.03. The quantitative estimate of drug-likeness (QED) is 0.160. The van der Waals surface area contributed by atoms with E-state index in [1.54, 1.807) is 0 Å². The Kier molecular flexibility index (Phi) is 16.5. The molecule has 2 heteroatoms. The lowest BCUT2D eigenvalue weighted by Crippen LogP contribution is -2.19. The van der Waals surface area contributed by atoms with Gasteiger partial charge in [0.2, 0.25) is 0 Å². The van der Waals surface area contributed by atoms with Crippen molar-refractivity contribution in [3.63, 3.8) is 0 Å². The molecule has 0 aliphatic heterocycles. The normalized spacial score (nSPS) is 11.6. The third-order valence-electron chi connectivity index (χ3n) is 7.38. The van der Waals surface area contributed by atoms with Gasteiger partial charge in [0.1, 0.15) is 0 Å². The molecule has 0 heterocycles. The molecule has 0 amide bonds. The molecule has 2 rings (SSSR count). The highest BCUT2D eigenvalue weighted by atomic mass is 15.1. The molecular weight excluding hydrogens is 436 g/mol. The molecule has 0 bridgehead atoms. The van der Waals surface area contributed by atoms with Crippen molar-refractivity contribution in [3.8, 4) is 11.1 Å². The fourth-order valence-corrected chi connectivity index (χ4v) is 5.16. The first-order chi connectivity index (χ1) is 17.6. The predicted molar refractivity (Wildman–Crippen MR) is 161 cm³/mol. The molecule has 0 N–H and O–H groups in total. The van der Waals surface area contributed by atoms with Gasteiger partial charge in [-0.3, -0.25) is 0 Å². The molecule has 0 aliphatic carbocycles.